The number of carbonyl (C=O) groups is 3. The Morgan fingerprint density at radius 2 is 1.97 bits per heavy atom. The van der Waals surface area contributed by atoms with Gasteiger partial charge in [-0.1, -0.05) is 40.9 Å². The van der Waals surface area contributed by atoms with Crippen molar-refractivity contribution in [3.05, 3.63) is 68.6 Å². The molecule has 0 spiro atoms. The van der Waals surface area contributed by atoms with E-state index in [9.17, 15) is 19.5 Å². The number of rotatable bonds is 9. The zero-order valence-electron chi connectivity index (χ0n) is 18.7. The summed E-state index contributed by atoms with van der Waals surface area (Å²) in [4.78, 5) is 39.5. The van der Waals surface area contributed by atoms with E-state index >= 15 is 0 Å². The van der Waals surface area contributed by atoms with Crippen LogP contribution in [0.5, 0.6) is 0 Å². The van der Waals surface area contributed by atoms with E-state index < -0.39 is 23.3 Å². The molecular weight excluding hydrogens is 567 g/mol. The molecule has 0 radical (unpaired) electrons. The fourth-order valence-electron chi connectivity index (χ4n) is 4.02. The number of pyridine rings is 1. The number of nitrogens with two attached hydrogens (primary N) is 1. The quantitative estimate of drug-likeness (QED) is 0.178. The molecule has 13 heteroatoms. The maximum Gasteiger partial charge on any atom is 0.352 e. The molecule has 0 aliphatic carbocycles. The number of halogens is 3. The number of carboxylic acid groups (broad SMARTS) is 1. The molecule has 4 rings (SSSR count). The van der Waals surface area contributed by atoms with Gasteiger partial charge in [-0.15, -0.1) is 23.5 Å². The summed E-state index contributed by atoms with van der Waals surface area (Å²) in [6, 6.07) is 7.98. The van der Waals surface area contributed by atoms with Crippen LogP contribution in [0, 0.1) is 0 Å². The Kier molecular flexibility index (Phi) is 8.75. The standard InChI is InChI=1S/C23H21Cl3N4O4S2/c24-14-7-16(26)17(8-15(14)25)35-11-18(31)28-19-21(32)30-20(23(33)34)12(10-36-22(19)30)9-29-6-2-1-3-13(29)4-5-27/h1-3,6-8,19,22H,4-5,9-11,27H2,(H-,28,31,33,34)/p+1/t19-,22+/m0/s1. The van der Waals surface area contributed by atoms with Crippen LogP contribution < -0.4 is 15.6 Å². The fraction of sp³-hybridized carbons (Fsp3) is 0.304. The number of nitrogens with one attached hydrogen (secondary N) is 1. The fourth-order valence-corrected chi connectivity index (χ4v) is 6.90. The van der Waals surface area contributed by atoms with Crippen LogP contribution in [0.1, 0.15) is 5.69 Å². The number of benzene rings is 1. The summed E-state index contributed by atoms with van der Waals surface area (Å²) < 4.78 is 1.95. The first kappa shape index (κ1) is 27.1. The first-order valence-corrected chi connectivity index (χ1v) is 14.0. The molecule has 4 N–H and O–H groups in total. The number of aromatic nitrogens is 1. The van der Waals surface area contributed by atoms with Gasteiger partial charge in [0.05, 0.1) is 20.8 Å². The molecule has 36 heavy (non-hydrogen) atoms. The van der Waals surface area contributed by atoms with Crippen molar-refractivity contribution in [2.24, 2.45) is 5.73 Å². The lowest BCUT2D eigenvalue weighted by Gasteiger charge is -2.49. The van der Waals surface area contributed by atoms with E-state index in [1.165, 1.54) is 22.7 Å². The first-order valence-electron chi connectivity index (χ1n) is 10.9. The van der Waals surface area contributed by atoms with Gasteiger partial charge in [0, 0.05) is 41.3 Å². The van der Waals surface area contributed by atoms with Crippen molar-refractivity contribution in [3.63, 3.8) is 0 Å². The van der Waals surface area contributed by atoms with E-state index in [0.29, 0.717) is 50.8 Å². The highest BCUT2D eigenvalue weighted by atomic mass is 35.5. The Bertz CT molecular complexity index is 1260. The molecular formula is C23H22Cl3N4O4S2+. The number of amides is 2. The van der Waals surface area contributed by atoms with Gasteiger partial charge in [0.2, 0.25) is 5.91 Å². The molecule has 1 aromatic carbocycles. The average Bonchev–Trinajstić information content (AvgIpc) is 2.84. The van der Waals surface area contributed by atoms with Crippen LogP contribution >= 0.6 is 58.3 Å². The number of carboxylic acids is 1. The summed E-state index contributed by atoms with van der Waals surface area (Å²) in [6.45, 7) is 0.798. The van der Waals surface area contributed by atoms with E-state index in [1.807, 2.05) is 29.0 Å². The molecule has 2 amide bonds. The molecule has 2 aliphatic heterocycles. The van der Waals surface area contributed by atoms with E-state index in [2.05, 4.69) is 5.32 Å². The largest absolute Gasteiger partial charge is 0.477 e. The summed E-state index contributed by atoms with van der Waals surface area (Å²) >= 11 is 20.7. The number of nitrogens with zero attached hydrogens (tertiary/aromatic N) is 2. The lowest BCUT2D eigenvalue weighted by molar-refractivity contribution is -0.696. The van der Waals surface area contributed by atoms with Crippen LogP contribution in [0.25, 0.3) is 0 Å². The smallest absolute Gasteiger partial charge is 0.352 e. The maximum absolute atomic E-state index is 12.9. The highest BCUT2D eigenvalue weighted by Crippen LogP contribution is 2.40. The zero-order chi connectivity index (χ0) is 26.0. The average molecular weight is 589 g/mol. The Hall–Kier alpha value is -1.95. The molecule has 8 nitrogen and oxygen atoms in total. The van der Waals surface area contributed by atoms with Crippen LogP contribution in [0.15, 0.2) is 52.7 Å². The second-order valence-corrected chi connectivity index (χ2v) is 11.4. The third kappa shape index (κ3) is 5.64. The maximum atomic E-state index is 12.9. The molecule has 190 valence electrons. The minimum Gasteiger partial charge on any atom is -0.477 e. The molecule has 2 atom stereocenters. The predicted molar refractivity (Wildman–Crippen MR) is 141 cm³/mol. The highest BCUT2D eigenvalue weighted by molar-refractivity contribution is 8.00. The second kappa shape index (κ2) is 11.6. The third-order valence-electron chi connectivity index (χ3n) is 5.70. The van der Waals surface area contributed by atoms with Gasteiger partial charge in [-0.2, -0.15) is 4.57 Å². The lowest BCUT2D eigenvalue weighted by atomic mass is 10.0. The first-order chi connectivity index (χ1) is 17.2. The molecule has 2 aliphatic rings. The monoisotopic (exact) mass is 587 g/mol. The normalized spacial score (nSPS) is 19.1. The number of thioether (sulfide) groups is 2. The van der Waals surface area contributed by atoms with Gasteiger partial charge in [0.1, 0.15) is 17.1 Å². The number of aliphatic carboxylic acids is 1. The van der Waals surface area contributed by atoms with Gasteiger partial charge in [-0.3, -0.25) is 14.5 Å². The van der Waals surface area contributed by atoms with Gasteiger partial charge < -0.3 is 16.2 Å². The Labute approximate surface area is 231 Å². The number of hydrogen-bond donors (Lipinski definition) is 3. The van der Waals surface area contributed by atoms with Crippen molar-refractivity contribution < 1.29 is 24.1 Å². The van der Waals surface area contributed by atoms with Gasteiger partial charge in [-0.25, -0.2) is 4.79 Å². The van der Waals surface area contributed by atoms with Crippen molar-refractivity contribution >= 4 is 76.1 Å². The van der Waals surface area contributed by atoms with Crippen molar-refractivity contribution in [3.8, 4) is 0 Å². The molecule has 2 aromatic rings. The molecule has 0 saturated carbocycles. The summed E-state index contributed by atoms with van der Waals surface area (Å²) in [5.74, 6) is -1.58. The van der Waals surface area contributed by atoms with Crippen LogP contribution in [0.3, 0.4) is 0 Å². The Morgan fingerprint density at radius 3 is 2.69 bits per heavy atom. The number of β-lactam (4-membered cyclic amide) rings is 1. The third-order valence-corrected chi connectivity index (χ3v) is 9.24. The summed E-state index contributed by atoms with van der Waals surface area (Å²) in [5.41, 5.74) is 7.28. The van der Waals surface area contributed by atoms with Crippen molar-refractivity contribution in [2.75, 3.05) is 18.1 Å². The second-order valence-electron chi connectivity index (χ2n) is 8.06. The predicted octanol–water partition coefficient (Wildman–Crippen LogP) is 2.97. The van der Waals surface area contributed by atoms with Crippen LogP contribution in [0.2, 0.25) is 15.1 Å². The zero-order valence-corrected chi connectivity index (χ0v) is 22.6. The minimum atomic E-state index is -1.17. The van der Waals surface area contributed by atoms with Crippen LogP contribution in [-0.4, -0.2) is 57.3 Å². The highest BCUT2D eigenvalue weighted by Gasteiger charge is 2.54. The summed E-state index contributed by atoms with van der Waals surface area (Å²) in [6.07, 6.45) is 2.52. The van der Waals surface area contributed by atoms with E-state index in [0.717, 1.165) is 17.5 Å². The molecule has 3 heterocycles. The number of fused-ring (bicyclic) bond motifs is 1. The van der Waals surface area contributed by atoms with Crippen LogP contribution in [0.4, 0.5) is 0 Å². The van der Waals surface area contributed by atoms with E-state index in [4.69, 9.17) is 40.5 Å². The Morgan fingerprint density at radius 1 is 1.22 bits per heavy atom. The minimum absolute atomic E-state index is 0.000289. The SMILES string of the molecule is NCCc1cccc[n+]1CC1=C(C(=O)O)N2C(=O)[C@H](NC(=O)CSc3cc(Cl)c(Cl)cc3Cl)[C@H]2SC1. The van der Waals surface area contributed by atoms with E-state index in [-0.39, 0.29) is 17.4 Å². The van der Waals surface area contributed by atoms with E-state index in [1.54, 1.807) is 6.07 Å². The summed E-state index contributed by atoms with van der Waals surface area (Å²) in [5, 5.41) is 13.2. The Balaban J connectivity index is 1.44. The van der Waals surface area contributed by atoms with Gasteiger partial charge in [0.25, 0.3) is 5.91 Å². The number of hydrogen-bond acceptors (Lipinski definition) is 6. The molecule has 0 bridgehead atoms. The molecule has 1 aromatic heterocycles. The van der Waals surface area contributed by atoms with Crippen molar-refractivity contribution in [2.45, 2.75) is 29.3 Å². The van der Waals surface area contributed by atoms with Crippen LogP contribution in [-0.2, 0) is 27.3 Å². The van der Waals surface area contributed by atoms with Gasteiger partial charge in [-0.05, 0) is 12.1 Å². The molecule has 1 saturated heterocycles. The van der Waals surface area contributed by atoms with Gasteiger partial charge in [0.15, 0.2) is 18.4 Å². The summed E-state index contributed by atoms with van der Waals surface area (Å²) in [7, 11) is 0. The number of carbonyl (C=O) groups excluding carboxylic acids is 2. The molecule has 1 fully saturated rings. The lowest BCUT2D eigenvalue weighted by Crippen LogP contribution is -2.71. The topological polar surface area (TPSA) is 117 Å². The molecule has 0 unspecified atom stereocenters. The van der Waals surface area contributed by atoms with Crippen molar-refractivity contribution in [1.82, 2.24) is 10.2 Å². The van der Waals surface area contributed by atoms with Crippen molar-refractivity contribution in [1.29, 1.82) is 0 Å². The van der Waals surface area contributed by atoms with Gasteiger partial charge >= 0.3 is 5.97 Å².